The van der Waals surface area contributed by atoms with Crippen LogP contribution in [-0.4, -0.2) is 13.0 Å². The average Bonchev–Trinajstić information content (AvgIpc) is 1.85. The lowest BCUT2D eigenvalue weighted by Crippen LogP contribution is -1.97. The Balaban J connectivity index is 4.69. The predicted octanol–water partition coefficient (Wildman–Crippen LogP) is 1.91. The standard InChI is InChI=1S/C8H12O3S/c1-4-5-7(2)6-8(3)12(9,10)11/h4-6H,3H2,1-2H3,(H,9,10,11)/b5-4-,7-6-. The Kier molecular flexibility index (Phi) is 3.92. The molecule has 0 aliphatic carbocycles. The molecule has 0 saturated heterocycles. The van der Waals surface area contributed by atoms with Gasteiger partial charge in [-0.15, -0.1) is 0 Å². The molecule has 4 heteroatoms. The van der Waals surface area contributed by atoms with Crippen LogP contribution < -0.4 is 0 Å². The van der Waals surface area contributed by atoms with E-state index in [0.717, 1.165) is 5.57 Å². The Bertz CT molecular complexity index is 320. The maximum Gasteiger partial charge on any atom is 0.293 e. The Labute approximate surface area is 72.9 Å². The van der Waals surface area contributed by atoms with Crippen LogP contribution >= 0.6 is 0 Å². The van der Waals surface area contributed by atoms with E-state index in [9.17, 15) is 8.42 Å². The molecule has 0 bridgehead atoms. The monoisotopic (exact) mass is 188 g/mol. The number of allylic oxidation sites excluding steroid dienone is 4. The van der Waals surface area contributed by atoms with Crippen molar-refractivity contribution in [2.45, 2.75) is 13.8 Å². The molecule has 0 atom stereocenters. The molecule has 68 valence electrons. The first-order valence-electron chi connectivity index (χ1n) is 3.35. The van der Waals surface area contributed by atoms with Gasteiger partial charge in [-0.2, -0.15) is 8.42 Å². The van der Waals surface area contributed by atoms with E-state index in [1.165, 1.54) is 6.08 Å². The van der Waals surface area contributed by atoms with Crippen LogP contribution in [-0.2, 0) is 10.1 Å². The first kappa shape index (κ1) is 11.1. The summed E-state index contributed by atoms with van der Waals surface area (Å²) in [5.41, 5.74) is 0.722. The van der Waals surface area contributed by atoms with Gasteiger partial charge in [0.15, 0.2) is 0 Å². The van der Waals surface area contributed by atoms with E-state index in [4.69, 9.17) is 4.55 Å². The minimum atomic E-state index is -4.12. The van der Waals surface area contributed by atoms with Crippen molar-refractivity contribution in [2.24, 2.45) is 0 Å². The van der Waals surface area contributed by atoms with Crippen molar-refractivity contribution < 1.29 is 13.0 Å². The second-order valence-corrected chi connectivity index (χ2v) is 3.80. The Morgan fingerprint density at radius 3 is 2.33 bits per heavy atom. The first-order chi connectivity index (χ1) is 5.38. The van der Waals surface area contributed by atoms with Gasteiger partial charge >= 0.3 is 0 Å². The van der Waals surface area contributed by atoms with Crippen LogP contribution in [0.4, 0.5) is 0 Å². The summed E-state index contributed by atoms with van der Waals surface area (Å²) in [4.78, 5) is -0.293. The zero-order valence-corrected chi connectivity index (χ0v) is 7.93. The van der Waals surface area contributed by atoms with E-state index in [1.54, 1.807) is 19.1 Å². The molecule has 0 fully saturated rings. The third-order valence-corrected chi connectivity index (χ3v) is 1.93. The minimum absolute atomic E-state index is 0.293. The van der Waals surface area contributed by atoms with Gasteiger partial charge in [0.05, 0.1) is 4.91 Å². The van der Waals surface area contributed by atoms with Gasteiger partial charge in [-0.25, -0.2) is 0 Å². The lowest BCUT2D eigenvalue weighted by molar-refractivity contribution is 0.492. The maximum atomic E-state index is 10.5. The molecule has 0 aromatic heterocycles. The summed E-state index contributed by atoms with van der Waals surface area (Å²) in [6.07, 6.45) is 4.79. The summed E-state index contributed by atoms with van der Waals surface area (Å²) in [6, 6.07) is 0. The molecular weight excluding hydrogens is 176 g/mol. The molecule has 12 heavy (non-hydrogen) atoms. The molecule has 0 radical (unpaired) electrons. The fourth-order valence-corrected chi connectivity index (χ4v) is 0.974. The lowest BCUT2D eigenvalue weighted by atomic mass is 10.2. The smallest absolute Gasteiger partial charge is 0.282 e. The molecule has 0 rings (SSSR count). The van der Waals surface area contributed by atoms with Crippen LogP contribution in [0.2, 0.25) is 0 Å². The molecule has 0 aliphatic rings. The van der Waals surface area contributed by atoms with Crippen LogP contribution in [0.25, 0.3) is 0 Å². The summed E-state index contributed by atoms with van der Waals surface area (Å²) in [6.45, 7) is 6.73. The van der Waals surface area contributed by atoms with Gasteiger partial charge in [0.2, 0.25) is 0 Å². The van der Waals surface area contributed by atoms with E-state index in [0.29, 0.717) is 0 Å². The van der Waals surface area contributed by atoms with Crippen molar-refractivity contribution in [1.82, 2.24) is 0 Å². The quantitative estimate of drug-likeness (QED) is 0.543. The molecule has 0 spiro atoms. The fraction of sp³-hybridized carbons (Fsp3) is 0.250. The van der Waals surface area contributed by atoms with E-state index in [-0.39, 0.29) is 4.91 Å². The minimum Gasteiger partial charge on any atom is -0.282 e. The van der Waals surface area contributed by atoms with E-state index < -0.39 is 10.1 Å². The van der Waals surface area contributed by atoms with Crippen molar-refractivity contribution in [3.63, 3.8) is 0 Å². The van der Waals surface area contributed by atoms with Crippen molar-refractivity contribution in [2.75, 3.05) is 0 Å². The molecule has 0 saturated carbocycles. The number of hydrogen-bond acceptors (Lipinski definition) is 2. The topological polar surface area (TPSA) is 54.4 Å². The average molecular weight is 188 g/mol. The number of rotatable bonds is 3. The SMILES string of the molecule is C=C(/C=C(C)\C=C/C)S(=O)(=O)O. The highest BCUT2D eigenvalue weighted by Crippen LogP contribution is 2.06. The molecule has 0 aliphatic heterocycles. The second-order valence-electron chi connectivity index (χ2n) is 2.33. The van der Waals surface area contributed by atoms with Gasteiger partial charge in [0, 0.05) is 0 Å². The third kappa shape index (κ3) is 4.10. The summed E-state index contributed by atoms with van der Waals surface area (Å²) in [7, 11) is -4.12. The van der Waals surface area contributed by atoms with Gasteiger partial charge in [-0.05, 0) is 19.9 Å². The molecular formula is C8H12O3S. The Morgan fingerprint density at radius 2 is 2.00 bits per heavy atom. The van der Waals surface area contributed by atoms with E-state index >= 15 is 0 Å². The Morgan fingerprint density at radius 1 is 1.50 bits per heavy atom. The maximum absolute atomic E-state index is 10.5. The molecule has 0 heterocycles. The third-order valence-electron chi connectivity index (χ3n) is 1.15. The number of hydrogen-bond donors (Lipinski definition) is 1. The van der Waals surface area contributed by atoms with Crippen molar-refractivity contribution in [3.8, 4) is 0 Å². The summed E-state index contributed by atoms with van der Waals surface area (Å²) in [5, 5.41) is 0. The molecule has 0 aromatic rings. The predicted molar refractivity (Wildman–Crippen MR) is 49.3 cm³/mol. The van der Waals surface area contributed by atoms with Crippen molar-refractivity contribution in [3.05, 3.63) is 35.3 Å². The van der Waals surface area contributed by atoms with Crippen molar-refractivity contribution >= 4 is 10.1 Å². The van der Waals surface area contributed by atoms with Gasteiger partial charge in [-0.3, -0.25) is 4.55 Å². The highest BCUT2D eigenvalue weighted by molar-refractivity contribution is 7.90. The van der Waals surface area contributed by atoms with Gasteiger partial charge in [-0.1, -0.05) is 24.3 Å². The van der Waals surface area contributed by atoms with Crippen LogP contribution in [0, 0.1) is 0 Å². The highest BCUT2D eigenvalue weighted by atomic mass is 32.2. The van der Waals surface area contributed by atoms with Crippen LogP contribution in [0.3, 0.4) is 0 Å². The molecule has 0 unspecified atom stereocenters. The zero-order valence-electron chi connectivity index (χ0n) is 7.11. The van der Waals surface area contributed by atoms with Gasteiger partial charge in [0.1, 0.15) is 0 Å². The summed E-state index contributed by atoms with van der Waals surface area (Å²) in [5.74, 6) is 0. The van der Waals surface area contributed by atoms with E-state index in [2.05, 4.69) is 6.58 Å². The Hall–Kier alpha value is -0.870. The zero-order chi connectivity index (χ0) is 9.78. The summed E-state index contributed by atoms with van der Waals surface area (Å²) >= 11 is 0. The van der Waals surface area contributed by atoms with Gasteiger partial charge < -0.3 is 0 Å². The molecule has 3 nitrogen and oxygen atoms in total. The van der Waals surface area contributed by atoms with Crippen LogP contribution in [0.1, 0.15) is 13.8 Å². The highest BCUT2D eigenvalue weighted by Gasteiger charge is 2.06. The van der Waals surface area contributed by atoms with Crippen LogP contribution in [0.15, 0.2) is 35.3 Å². The second kappa shape index (κ2) is 4.23. The van der Waals surface area contributed by atoms with Crippen LogP contribution in [0.5, 0.6) is 0 Å². The van der Waals surface area contributed by atoms with E-state index in [1.807, 2.05) is 6.92 Å². The normalized spacial score (nSPS) is 13.8. The molecule has 0 amide bonds. The largest absolute Gasteiger partial charge is 0.293 e. The van der Waals surface area contributed by atoms with Crippen molar-refractivity contribution in [1.29, 1.82) is 0 Å². The first-order valence-corrected chi connectivity index (χ1v) is 4.79. The molecule has 1 N–H and O–H groups in total. The van der Waals surface area contributed by atoms with Gasteiger partial charge in [0.25, 0.3) is 10.1 Å². The summed E-state index contributed by atoms with van der Waals surface area (Å²) < 4.78 is 29.4. The molecule has 0 aromatic carbocycles. The fourth-order valence-electron chi connectivity index (χ4n) is 0.639. The lowest BCUT2D eigenvalue weighted by Gasteiger charge is -1.95.